The number of rotatable bonds is 1. The predicted octanol–water partition coefficient (Wildman–Crippen LogP) is 2.58. The van der Waals surface area contributed by atoms with Crippen LogP contribution in [0.15, 0.2) is 17.8 Å². The summed E-state index contributed by atoms with van der Waals surface area (Å²) in [6.45, 7) is 1.74. The number of Topliss-reactive ketones (excluding diaryl/α,β-unsaturated/α-hetero) is 1. The van der Waals surface area contributed by atoms with Crippen LogP contribution in [0.1, 0.15) is 48.9 Å². The Labute approximate surface area is 141 Å². The number of hydrogen-bond acceptors (Lipinski definition) is 5. The zero-order valence-electron chi connectivity index (χ0n) is 13.5. The van der Waals surface area contributed by atoms with Gasteiger partial charge in [0.05, 0.1) is 5.70 Å². The summed E-state index contributed by atoms with van der Waals surface area (Å²) in [4.78, 5) is 18.7. The number of hydrogen-bond donors (Lipinski definition) is 0. The number of nitriles is 2. The number of piperidine rings is 1. The first-order chi connectivity index (χ1) is 11.7. The molecular weight excluding hydrogens is 300 g/mol. The van der Waals surface area contributed by atoms with Crippen molar-refractivity contribution in [2.45, 2.75) is 38.5 Å². The Morgan fingerprint density at radius 3 is 2.46 bits per heavy atom. The van der Waals surface area contributed by atoms with E-state index >= 15 is 0 Å². The normalized spacial score (nSPS) is 21.8. The maximum atomic E-state index is 12.4. The number of likely N-dealkylation sites (tertiary alicyclic amines) is 1. The maximum Gasteiger partial charge on any atom is 0.179 e. The number of carbonyl (C=O) groups excluding carboxylic acids is 1. The fourth-order valence-corrected chi connectivity index (χ4v) is 4.26. The smallest absolute Gasteiger partial charge is 0.179 e. The molecule has 1 saturated heterocycles. The maximum absolute atomic E-state index is 12.4. The molecule has 1 spiro atoms. The molecule has 24 heavy (non-hydrogen) atoms. The molecule has 4 rings (SSSR count). The molecule has 0 N–H and O–H groups in total. The van der Waals surface area contributed by atoms with Crippen LogP contribution in [0.5, 0.6) is 0 Å². The van der Waals surface area contributed by atoms with E-state index in [1.807, 2.05) is 0 Å². The van der Waals surface area contributed by atoms with E-state index in [1.54, 1.807) is 12.3 Å². The Balaban J connectivity index is 1.75. The third kappa shape index (κ3) is 2.20. The predicted molar refractivity (Wildman–Crippen MR) is 87.3 cm³/mol. The molecule has 2 heterocycles. The van der Waals surface area contributed by atoms with Crippen LogP contribution in [0.2, 0.25) is 0 Å². The average Bonchev–Trinajstić information content (AvgIpc) is 2.59. The number of aromatic nitrogens is 1. The van der Waals surface area contributed by atoms with Crippen LogP contribution in [0.3, 0.4) is 0 Å². The van der Waals surface area contributed by atoms with Crippen molar-refractivity contribution in [1.82, 2.24) is 9.88 Å². The minimum Gasteiger partial charge on any atom is -0.370 e. The van der Waals surface area contributed by atoms with E-state index in [9.17, 15) is 10.1 Å². The van der Waals surface area contributed by atoms with Crippen LogP contribution in [0.4, 0.5) is 0 Å². The van der Waals surface area contributed by atoms with Crippen molar-refractivity contribution in [2.75, 3.05) is 13.1 Å². The Hall–Kier alpha value is -2.66. The first kappa shape index (κ1) is 14.9. The molecule has 5 heteroatoms. The van der Waals surface area contributed by atoms with Gasteiger partial charge in [0.15, 0.2) is 5.78 Å². The van der Waals surface area contributed by atoms with Gasteiger partial charge in [-0.1, -0.05) is 6.42 Å². The lowest BCUT2D eigenvalue weighted by molar-refractivity contribution is -0.114. The molecule has 120 valence electrons. The molecule has 1 aromatic rings. The lowest BCUT2D eigenvalue weighted by Crippen LogP contribution is -2.43. The number of carbonyl (C=O) groups is 1. The molecule has 1 saturated carbocycles. The molecule has 0 aromatic carbocycles. The fraction of sp³-hybridized carbons (Fsp3) is 0.474. The van der Waals surface area contributed by atoms with Crippen molar-refractivity contribution in [3.8, 4) is 12.1 Å². The fourth-order valence-electron chi connectivity index (χ4n) is 4.26. The summed E-state index contributed by atoms with van der Waals surface area (Å²) >= 11 is 0. The molecule has 1 aliphatic heterocycles. The average molecular weight is 318 g/mol. The van der Waals surface area contributed by atoms with Gasteiger partial charge in [-0.3, -0.25) is 4.79 Å². The number of fused-ring (bicyclic) bond motifs is 1. The van der Waals surface area contributed by atoms with Gasteiger partial charge in [0.1, 0.15) is 23.4 Å². The van der Waals surface area contributed by atoms with E-state index in [0.717, 1.165) is 42.8 Å². The summed E-state index contributed by atoms with van der Waals surface area (Å²) in [6.07, 6.45) is 7.98. The molecular formula is C19H18N4O. The highest BCUT2D eigenvalue weighted by atomic mass is 16.1. The van der Waals surface area contributed by atoms with E-state index in [2.05, 4.69) is 22.0 Å². The molecule has 5 nitrogen and oxygen atoms in total. The third-order valence-corrected chi connectivity index (χ3v) is 5.89. The highest BCUT2D eigenvalue weighted by Gasteiger charge is 2.41. The van der Waals surface area contributed by atoms with Gasteiger partial charge in [0.2, 0.25) is 0 Å². The number of ketones is 1. The molecule has 3 aliphatic rings. The van der Waals surface area contributed by atoms with Crippen molar-refractivity contribution in [3.05, 3.63) is 34.7 Å². The minimum atomic E-state index is -0.143. The topological polar surface area (TPSA) is 80.8 Å². The summed E-state index contributed by atoms with van der Waals surface area (Å²) in [5, 5.41) is 18.7. The van der Waals surface area contributed by atoms with E-state index in [1.165, 1.54) is 19.3 Å². The van der Waals surface area contributed by atoms with Gasteiger partial charge in [-0.15, -0.1) is 0 Å². The zero-order valence-corrected chi connectivity index (χ0v) is 13.5. The lowest BCUT2D eigenvalue weighted by Gasteiger charge is -2.49. The van der Waals surface area contributed by atoms with E-state index in [-0.39, 0.29) is 17.8 Å². The monoisotopic (exact) mass is 318 g/mol. The van der Waals surface area contributed by atoms with Crippen LogP contribution in [-0.2, 0) is 11.2 Å². The second-order valence-electron chi connectivity index (χ2n) is 7.11. The summed E-state index contributed by atoms with van der Waals surface area (Å²) in [7, 11) is 0. The van der Waals surface area contributed by atoms with Gasteiger partial charge in [-0.2, -0.15) is 10.5 Å². The molecule has 0 unspecified atom stereocenters. The van der Waals surface area contributed by atoms with Gasteiger partial charge in [-0.25, -0.2) is 4.98 Å². The standard InChI is InChI=1S/C19H18N4O/c20-10-14-9-15-13(12-22-14)8-17(24)16(11-21)18(15)23-6-4-19(5-7-23)2-1-3-19/h9,12H,1-8H2. The molecule has 0 radical (unpaired) electrons. The second kappa shape index (κ2) is 5.46. The Morgan fingerprint density at radius 2 is 1.88 bits per heavy atom. The van der Waals surface area contributed by atoms with Gasteiger partial charge in [0.25, 0.3) is 0 Å². The summed E-state index contributed by atoms with van der Waals surface area (Å²) in [5.41, 5.74) is 3.44. The minimum absolute atomic E-state index is 0.143. The molecule has 0 atom stereocenters. The van der Waals surface area contributed by atoms with E-state index < -0.39 is 0 Å². The molecule has 2 fully saturated rings. The van der Waals surface area contributed by atoms with E-state index in [0.29, 0.717) is 11.1 Å². The van der Waals surface area contributed by atoms with Gasteiger partial charge < -0.3 is 4.90 Å². The highest BCUT2D eigenvalue weighted by molar-refractivity contribution is 6.09. The SMILES string of the molecule is N#CC1=C(N2CCC3(CCC3)CC2)c2cc(C#N)ncc2CC1=O. The third-order valence-electron chi connectivity index (χ3n) is 5.89. The van der Waals surface area contributed by atoms with Gasteiger partial charge in [-0.05, 0) is 42.7 Å². The molecule has 2 aliphatic carbocycles. The van der Waals surface area contributed by atoms with Crippen LogP contribution in [0.25, 0.3) is 5.70 Å². The van der Waals surface area contributed by atoms with Crippen molar-refractivity contribution < 1.29 is 4.79 Å². The summed E-state index contributed by atoms with van der Waals surface area (Å²) < 4.78 is 0. The van der Waals surface area contributed by atoms with Crippen molar-refractivity contribution in [2.24, 2.45) is 5.41 Å². The van der Waals surface area contributed by atoms with Gasteiger partial charge >= 0.3 is 0 Å². The zero-order chi connectivity index (χ0) is 16.7. The largest absolute Gasteiger partial charge is 0.370 e. The number of allylic oxidation sites excluding steroid dienone is 1. The van der Waals surface area contributed by atoms with Crippen LogP contribution in [0, 0.1) is 28.1 Å². The van der Waals surface area contributed by atoms with Crippen LogP contribution < -0.4 is 0 Å². The number of pyridine rings is 1. The molecule has 0 amide bonds. The van der Waals surface area contributed by atoms with Crippen LogP contribution in [-0.4, -0.2) is 28.8 Å². The quantitative estimate of drug-likeness (QED) is 0.795. The Morgan fingerprint density at radius 1 is 1.12 bits per heavy atom. The van der Waals surface area contributed by atoms with Crippen molar-refractivity contribution in [1.29, 1.82) is 10.5 Å². The lowest BCUT2D eigenvalue weighted by atomic mass is 9.63. The van der Waals surface area contributed by atoms with Crippen LogP contribution >= 0.6 is 0 Å². The molecule has 1 aromatic heterocycles. The molecule has 0 bridgehead atoms. The van der Waals surface area contributed by atoms with E-state index in [4.69, 9.17) is 5.26 Å². The summed E-state index contributed by atoms with van der Waals surface area (Å²) in [6, 6.07) is 5.89. The Bertz CT molecular complexity index is 826. The Kier molecular flexibility index (Phi) is 3.39. The van der Waals surface area contributed by atoms with Crippen molar-refractivity contribution >= 4 is 11.5 Å². The van der Waals surface area contributed by atoms with Gasteiger partial charge in [0, 0.05) is 31.3 Å². The highest BCUT2D eigenvalue weighted by Crippen LogP contribution is 2.50. The number of nitrogens with zero attached hydrogens (tertiary/aromatic N) is 4. The second-order valence-corrected chi connectivity index (χ2v) is 7.11. The van der Waals surface area contributed by atoms with Crippen molar-refractivity contribution in [3.63, 3.8) is 0 Å². The summed E-state index contributed by atoms with van der Waals surface area (Å²) in [5.74, 6) is -0.143. The first-order valence-corrected chi connectivity index (χ1v) is 8.48. The first-order valence-electron chi connectivity index (χ1n) is 8.48.